The predicted molar refractivity (Wildman–Crippen MR) is 102 cm³/mol. The molecule has 160 valence electrons. The molecule has 29 heavy (non-hydrogen) atoms. The number of fused-ring (bicyclic) bond motifs is 3. The van der Waals surface area contributed by atoms with Crippen LogP contribution in [0.25, 0.3) is 0 Å². The second-order valence-corrected chi connectivity index (χ2v) is 9.99. The van der Waals surface area contributed by atoms with E-state index in [9.17, 15) is 30.0 Å². The maximum Gasteiger partial charge on any atom is 0.303 e. The van der Waals surface area contributed by atoms with E-state index >= 15 is 0 Å². The van der Waals surface area contributed by atoms with Gasteiger partial charge in [-0.2, -0.15) is 0 Å². The normalized spacial score (nSPS) is 49.8. The number of Topliss-reactive ketones (excluding diaryl/α,β-unsaturated/α-hetero) is 1. The Morgan fingerprint density at radius 1 is 1.31 bits per heavy atom. The summed E-state index contributed by atoms with van der Waals surface area (Å²) in [6.07, 6.45) is 0.573. The summed E-state index contributed by atoms with van der Waals surface area (Å²) >= 11 is 0. The Kier molecular flexibility index (Phi) is 4.13. The fraction of sp³-hybridized carbons (Fsp3) is 0.727. The number of ether oxygens (including phenoxy) is 1. The topological polar surface area (TPSA) is 124 Å². The molecule has 7 nitrogen and oxygen atoms in total. The lowest BCUT2D eigenvalue weighted by atomic mass is 9.59. The number of ketones is 1. The smallest absolute Gasteiger partial charge is 0.303 e. The minimum Gasteiger partial charge on any atom is -0.455 e. The van der Waals surface area contributed by atoms with Gasteiger partial charge in [0, 0.05) is 24.2 Å². The first-order valence-corrected chi connectivity index (χ1v) is 10.2. The third-order valence-electron chi connectivity index (χ3n) is 8.35. The van der Waals surface area contributed by atoms with Crippen LogP contribution in [-0.4, -0.2) is 62.2 Å². The molecule has 4 aliphatic carbocycles. The van der Waals surface area contributed by atoms with Gasteiger partial charge in [-0.15, -0.1) is 0 Å². The van der Waals surface area contributed by atoms with Crippen LogP contribution in [-0.2, 0) is 14.3 Å². The van der Waals surface area contributed by atoms with Crippen LogP contribution in [0, 0.1) is 28.6 Å². The number of allylic oxidation sites excluding steroid dienone is 1. The van der Waals surface area contributed by atoms with Crippen molar-refractivity contribution in [3.8, 4) is 0 Å². The van der Waals surface area contributed by atoms with Crippen molar-refractivity contribution in [2.24, 2.45) is 28.6 Å². The van der Waals surface area contributed by atoms with Gasteiger partial charge in [-0.05, 0) is 30.4 Å². The van der Waals surface area contributed by atoms with E-state index in [-0.39, 0.29) is 23.7 Å². The largest absolute Gasteiger partial charge is 0.455 e. The number of hydrogen-bond donors (Lipinski definition) is 4. The van der Waals surface area contributed by atoms with E-state index in [4.69, 9.17) is 4.74 Å². The van der Waals surface area contributed by atoms with Crippen molar-refractivity contribution < 1.29 is 34.8 Å². The maximum absolute atomic E-state index is 14.0. The Hall–Kier alpha value is -1.54. The second-order valence-electron chi connectivity index (χ2n) is 9.99. The SMILES string of the molecule is CC(=O)O[C@H]1C(C)=C[C@]23C(=O)[C@@H](C=C(CO)[C@@H](O)[C@]12O)[C@@H]1C(C)(C)[C@]1(O)C[C@H]3C. The number of aliphatic hydroxyl groups is 4. The third-order valence-corrected chi connectivity index (χ3v) is 8.35. The number of carbonyl (C=O) groups excluding carboxylic acids is 2. The molecule has 0 amide bonds. The van der Waals surface area contributed by atoms with E-state index < -0.39 is 58.7 Å². The molecule has 1 spiro atoms. The Bertz CT molecular complexity index is 857. The summed E-state index contributed by atoms with van der Waals surface area (Å²) in [7, 11) is 0. The molecule has 8 atom stereocenters. The van der Waals surface area contributed by atoms with Gasteiger partial charge in [0.1, 0.15) is 6.10 Å². The van der Waals surface area contributed by atoms with Crippen molar-refractivity contribution in [3.05, 3.63) is 23.3 Å². The Morgan fingerprint density at radius 3 is 2.48 bits per heavy atom. The van der Waals surface area contributed by atoms with E-state index in [0.29, 0.717) is 5.57 Å². The summed E-state index contributed by atoms with van der Waals surface area (Å²) in [5.41, 5.74) is -4.75. The van der Waals surface area contributed by atoms with Gasteiger partial charge in [-0.25, -0.2) is 0 Å². The third kappa shape index (κ3) is 2.12. The standard InChI is InChI=1S/C22H30O7/c1-10-7-20-11(2)8-21(27)15(19(21,4)5)14(17(20)26)6-13(9-23)16(25)22(20,28)18(10)29-12(3)24/h6-7,11,14-16,18,23,25,27-28H,8-9H2,1-5H3/t11-,14+,15-,16-,18+,20+,21+,22+/m1/s1. The molecule has 4 N–H and O–H groups in total. The molecule has 0 aromatic rings. The van der Waals surface area contributed by atoms with Crippen LogP contribution in [0.1, 0.15) is 41.0 Å². The first-order valence-electron chi connectivity index (χ1n) is 10.2. The van der Waals surface area contributed by atoms with Crippen LogP contribution in [0.3, 0.4) is 0 Å². The molecular weight excluding hydrogens is 376 g/mol. The summed E-state index contributed by atoms with van der Waals surface area (Å²) < 4.78 is 5.40. The maximum atomic E-state index is 14.0. The summed E-state index contributed by atoms with van der Waals surface area (Å²) in [6, 6.07) is 0. The first-order chi connectivity index (χ1) is 13.3. The number of aliphatic hydroxyl groups excluding tert-OH is 2. The van der Waals surface area contributed by atoms with Gasteiger partial charge in [0.25, 0.3) is 0 Å². The number of esters is 1. The van der Waals surface area contributed by atoms with Gasteiger partial charge in [0.2, 0.25) is 0 Å². The molecule has 0 aromatic carbocycles. The zero-order valence-electron chi connectivity index (χ0n) is 17.5. The van der Waals surface area contributed by atoms with Crippen LogP contribution in [0.15, 0.2) is 23.3 Å². The lowest BCUT2D eigenvalue weighted by molar-refractivity contribution is -0.203. The zero-order chi connectivity index (χ0) is 21.7. The van der Waals surface area contributed by atoms with Crippen molar-refractivity contribution in [1.29, 1.82) is 0 Å². The van der Waals surface area contributed by atoms with E-state index in [0.717, 1.165) is 0 Å². The average molecular weight is 406 g/mol. The average Bonchev–Trinajstić information content (AvgIpc) is 2.99. The van der Waals surface area contributed by atoms with Crippen LogP contribution in [0.2, 0.25) is 0 Å². The molecule has 2 bridgehead atoms. The summed E-state index contributed by atoms with van der Waals surface area (Å²) in [6.45, 7) is 7.90. The fourth-order valence-electron chi connectivity index (χ4n) is 6.86. The fourth-order valence-corrected chi connectivity index (χ4v) is 6.86. The van der Waals surface area contributed by atoms with Crippen molar-refractivity contribution >= 4 is 11.8 Å². The molecular formula is C22H30O7. The van der Waals surface area contributed by atoms with E-state index in [2.05, 4.69) is 0 Å². The molecule has 2 fully saturated rings. The van der Waals surface area contributed by atoms with E-state index in [1.54, 1.807) is 19.9 Å². The first kappa shape index (κ1) is 20.7. The lowest BCUT2D eigenvalue weighted by Crippen LogP contribution is -2.65. The lowest BCUT2D eigenvalue weighted by Gasteiger charge is -2.48. The molecule has 4 rings (SSSR count). The van der Waals surface area contributed by atoms with Gasteiger partial charge < -0.3 is 25.2 Å². The van der Waals surface area contributed by atoms with Crippen LogP contribution in [0.5, 0.6) is 0 Å². The summed E-state index contributed by atoms with van der Waals surface area (Å²) in [5, 5.41) is 44.6. The highest BCUT2D eigenvalue weighted by atomic mass is 16.6. The second kappa shape index (κ2) is 5.78. The summed E-state index contributed by atoms with van der Waals surface area (Å²) in [5.74, 6) is -2.65. The highest BCUT2D eigenvalue weighted by molar-refractivity contribution is 5.95. The van der Waals surface area contributed by atoms with Gasteiger partial charge in [0.15, 0.2) is 17.5 Å². The Balaban J connectivity index is 2.00. The van der Waals surface area contributed by atoms with Gasteiger partial charge >= 0.3 is 5.97 Å². The van der Waals surface area contributed by atoms with Gasteiger partial charge in [0.05, 0.1) is 17.6 Å². The molecule has 0 saturated heterocycles. The number of rotatable bonds is 2. The molecule has 0 heterocycles. The van der Waals surface area contributed by atoms with Crippen LogP contribution < -0.4 is 0 Å². The molecule has 7 heteroatoms. The monoisotopic (exact) mass is 406 g/mol. The molecule has 0 unspecified atom stereocenters. The van der Waals surface area contributed by atoms with E-state index in [1.807, 2.05) is 13.8 Å². The summed E-state index contributed by atoms with van der Waals surface area (Å²) in [4.78, 5) is 25.8. The van der Waals surface area contributed by atoms with Crippen molar-refractivity contribution in [2.75, 3.05) is 6.61 Å². The molecule has 4 aliphatic rings. The number of hydrogen-bond acceptors (Lipinski definition) is 7. The van der Waals surface area contributed by atoms with Crippen molar-refractivity contribution in [2.45, 2.75) is 64.4 Å². The van der Waals surface area contributed by atoms with Crippen LogP contribution in [0.4, 0.5) is 0 Å². The zero-order valence-corrected chi connectivity index (χ0v) is 17.5. The highest BCUT2D eigenvalue weighted by Gasteiger charge is 2.81. The predicted octanol–water partition coefficient (Wildman–Crippen LogP) is 0.501. The minimum atomic E-state index is -2.17. The molecule has 0 aromatic heterocycles. The quantitative estimate of drug-likeness (QED) is 0.389. The van der Waals surface area contributed by atoms with Crippen molar-refractivity contribution in [1.82, 2.24) is 0 Å². The number of carbonyl (C=O) groups is 2. The molecule has 2 saturated carbocycles. The Morgan fingerprint density at radius 2 is 1.93 bits per heavy atom. The van der Waals surface area contributed by atoms with Gasteiger partial charge in [-0.3, -0.25) is 9.59 Å². The molecule has 0 aliphatic heterocycles. The minimum absolute atomic E-state index is 0.104. The highest BCUT2D eigenvalue weighted by Crippen LogP contribution is 2.73. The van der Waals surface area contributed by atoms with Gasteiger partial charge in [-0.1, -0.05) is 32.9 Å². The van der Waals surface area contributed by atoms with E-state index in [1.165, 1.54) is 13.0 Å². The van der Waals surface area contributed by atoms with Crippen molar-refractivity contribution in [3.63, 3.8) is 0 Å². The van der Waals surface area contributed by atoms with Crippen LogP contribution >= 0.6 is 0 Å². The molecule has 0 radical (unpaired) electrons. The Labute approximate surface area is 170 Å².